The van der Waals surface area contributed by atoms with E-state index in [0.717, 1.165) is 10.0 Å². The number of anilines is 1. The Labute approximate surface area is 118 Å². The second-order valence-corrected chi connectivity index (χ2v) is 5.17. The topological polar surface area (TPSA) is 87.0 Å². The second kappa shape index (κ2) is 5.00. The van der Waals surface area contributed by atoms with Crippen molar-refractivity contribution in [2.75, 3.05) is 5.73 Å². The molecule has 6 nitrogen and oxygen atoms in total. The zero-order valence-corrected chi connectivity index (χ0v) is 12.1. The molecule has 0 spiro atoms. The third-order valence-corrected chi connectivity index (χ3v) is 3.46. The van der Waals surface area contributed by atoms with Crippen LogP contribution in [0.15, 0.2) is 28.7 Å². The first-order valence-electron chi connectivity index (χ1n) is 5.66. The van der Waals surface area contributed by atoms with E-state index >= 15 is 0 Å². The first-order chi connectivity index (χ1) is 8.91. The molecule has 1 atom stereocenters. The molecule has 0 aliphatic carbocycles. The molecule has 7 heteroatoms. The summed E-state index contributed by atoms with van der Waals surface area (Å²) in [7, 11) is 0. The van der Waals surface area contributed by atoms with Gasteiger partial charge in [-0.2, -0.15) is 5.10 Å². The van der Waals surface area contributed by atoms with E-state index in [1.54, 1.807) is 6.92 Å². The molecule has 100 valence electrons. The summed E-state index contributed by atoms with van der Waals surface area (Å²) in [5, 5.41) is 15.1. The van der Waals surface area contributed by atoms with E-state index in [-0.39, 0.29) is 17.5 Å². The standard InChI is InChI=1S/C12H13BrN4O2/c1-7-11(17(18)19)12(14)16(15-7)8(2)9-4-3-5-10(13)6-9/h3-6,8H,14H2,1-2H3. The predicted molar refractivity (Wildman–Crippen MR) is 76.0 cm³/mol. The van der Waals surface area contributed by atoms with Crippen LogP contribution in [0.4, 0.5) is 11.5 Å². The van der Waals surface area contributed by atoms with Gasteiger partial charge in [-0.1, -0.05) is 28.1 Å². The minimum absolute atomic E-state index is 0.0787. The molecule has 1 aromatic heterocycles. The summed E-state index contributed by atoms with van der Waals surface area (Å²) in [6, 6.07) is 7.50. The molecule has 0 saturated heterocycles. The maximum atomic E-state index is 10.9. The van der Waals surface area contributed by atoms with Crippen molar-refractivity contribution in [2.24, 2.45) is 0 Å². The Morgan fingerprint density at radius 2 is 2.21 bits per heavy atom. The molecular weight excluding hydrogens is 312 g/mol. The van der Waals surface area contributed by atoms with E-state index in [9.17, 15) is 10.1 Å². The van der Waals surface area contributed by atoms with Crippen molar-refractivity contribution in [1.29, 1.82) is 0 Å². The van der Waals surface area contributed by atoms with Gasteiger partial charge in [0.1, 0.15) is 5.69 Å². The van der Waals surface area contributed by atoms with Crippen LogP contribution in [0.2, 0.25) is 0 Å². The summed E-state index contributed by atoms with van der Waals surface area (Å²) in [5.41, 5.74) is 7.00. The van der Waals surface area contributed by atoms with Crippen LogP contribution in [-0.2, 0) is 0 Å². The van der Waals surface area contributed by atoms with Crippen LogP contribution in [0.5, 0.6) is 0 Å². The van der Waals surface area contributed by atoms with E-state index in [2.05, 4.69) is 21.0 Å². The Morgan fingerprint density at radius 1 is 1.53 bits per heavy atom. The smallest absolute Gasteiger partial charge is 0.333 e. The van der Waals surface area contributed by atoms with Gasteiger partial charge >= 0.3 is 5.69 Å². The van der Waals surface area contributed by atoms with Crippen molar-refractivity contribution < 1.29 is 4.92 Å². The van der Waals surface area contributed by atoms with Crippen LogP contribution in [0.1, 0.15) is 24.2 Å². The number of hydrogen-bond donors (Lipinski definition) is 1. The lowest BCUT2D eigenvalue weighted by atomic mass is 10.1. The average Bonchev–Trinajstić information content (AvgIpc) is 2.63. The summed E-state index contributed by atoms with van der Waals surface area (Å²) in [6.07, 6.45) is 0. The highest BCUT2D eigenvalue weighted by molar-refractivity contribution is 9.10. The number of aryl methyl sites for hydroxylation is 1. The number of nitrogens with two attached hydrogens (primary N) is 1. The van der Waals surface area contributed by atoms with Crippen molar-refractivity contribution in [2.45, 2.75) is 19.9 Å². The van der Waals surface area contributed by atoms with Gasteiger partial charge in [0.2, 0.25) is 5.82 Å². The number of nitrogen functional groups attached to an aromatic ring is 1. The normalized spacial score (nSPS) is 12.4. The molecule has 0 fully saturated rings. The molecule has 0 aliphatic heterocycles. The quantitative estimate of drug-likeness (QED) is 0.694. The maximum Gasteiger partial charge on any atom is 0.333 e. The van der Waals surface area contributed by atoms with Gasteiger partial charge in [-0.25, -0.2) is 4.68 Å². The molecule has 0 amide bonds. The first-order valence-corrected chi connectivity index (χ1v) is 6.45. The number of rotatable bonds is 3. The Bertz CT molecular complexity index is 639. The molecule has 0 aliphatic rings. The summed E-state index contributed by atoms with van der Waals surface area (Å²) < 4.78 is 2.42. The minimum Gasteiger partial charge on any atom is -0.378 e. The Balaban J connectivity index is 2.48. The van der Waals surface area contributed by atoms with E-state index in [1.165, 1.54) is 4.68 Å². The number of halogens is 1. The number of aromatic nitrogens is 2. The van der Waals surface area contributed by atoms with Crippen LogP contribution in [0.25, 0.3) is 0 Å². The molecular formula is C12H13BrN4O2. The van der Waals surface area contributed by atoms with Gasteiger partial charge in [0.05, 0.1) is 11.0 Å². The SMILES string of the molecule is Cc1nn(C(C)c2cccc(Br)c2)c(N)c1[N+](=O)[O-]. The molecule has 0 radical (unpaired) electrons. The van der Waals surface area contributed by atoms with Gasteiger partial charge in [0, 0.05) is 4.47 Å². The van der Waals surface area contributed by atoms with Gasteiger partial charge in [0.15, 0.2) is 0 Å². The number of hydrogen-bond acceptors (Lipinski definition) is 4. The summed E-state index contributed by atoms with van der Waals surface area (Å²) >= 11 is 3.40. The summed E-state index contributed by atoms with van der Waals surface area (Å²) in [5.74, 6) is 0.0787. The fourth-order valence-corrected chi connectivity index (χ4v) is 2.40. The van der Waals surface area contributed by atoms with Crippen molar-refractivity contribution in [3.8, 4) is 0 Å². The minimum atomic E-state index is -0.498. The van der Waals surface area contributed by atoms with E-state index in [4.69, 9.17) is 5.73 Å². The molecule has 1 aromatic carbocycles. The zero-order chi connectivity index (χ0) is 14.2. The monoisotopic (exact) mass is 324 g/mol. The van der Waals surface area contributed by atoms with Gasteiger partial charge < -0.3 is 5.73 Å². The Morgan fingerprint density at radius 3 is 2.74 bits per heavy atom. The molecule has 2 aromatic rings. The lowest BCUT2D eigenvalue weighted by Crippen LogP contribution is -2.12. The largest absolute Gasteiger partial charge is 0.378 e. The Hall–Kier alpha value is -1.89. The third-order valence-electron chi connectivity index (χ3n) is 2.97. The number of nitro groups is 1. The maximum absolute atomic E-state index is 10.9. The van der Waals surface area contributed by atoms with Crippen molar-refractivity contribution in [3.63, 3.8) is 0 Å². The highest BCUT2D eigenvalue weighted by atomic mass is 79.9. The summed E-state index contributed by atoms with van der Waals surface area (Å²) in [6.45, 7) is 3.48. The zero-order valence-electron chi connectivity index (χ0n) is 10.5. The second-order valence-electron chi connectivity index (χ2n) is 4.25. The molecule has 2 N–H and O–H groups in total. The van der Waals surface area contributed by atoms with Gasteiger partial charge in [-0.3, -0.25) is 10.1 Å². The van der Waals surface area contributed by atoms with E-state index in [0.29, 0.717) is 5.69 Å². The van der Waals surface area contributed by atoms with E-state index < -0.39 is 4.92 Å². The van der Waals surface area contributed by atoms with Crippen molar-refractivity contribution >= 4 is 27.4 Å². The van der Waals surface area contributed by atoms with Gasteiger partial charge in [0.25, 0.3) is 0 Å². The Kier molecular flexibility index (Phi) is 3.57. The van der Waals surface area contributed by atoms with Crippen LogP contribution >= 0.6 is 15.9 Å². The van der Waals surface area contributed by atoms with Crippen LogP contribution in [0, 0.1) is 17.0 Å². The van der Waals surface area contributed by atoms with Crippen molar-refractivity contribution in [1.82, 2.24) is 9.78 Å². The molecule has 19 heavy (non-hydrogen) atoms. The van der Waals surface area contributed by atoms with Gasteiger partial charge in [-0.15, -0.1) is 0 Å². The fraction of sp³-hybridized carbons (Fsp3) is 0.250. The van der Waals surface area contributed by atoms with Crippen molar-refractivity contribution in [3.05, 3.63) is 50.1 Å². The third kappa shape index (κ3) is 2.46. The van der Waals surface area contributed by atoms with Gasteiger partial charge in [-0.05, 0) is 31.5 Å². The summed E-state index contributed by atoms with van der Waals surface area (Å²) in [4.78, 5) is 10.4. The molecule has 1 unspecified atom stereocenters. The van der Waals surface area contributed by atoms with Crippen LogP contribution < -0.4 is 5.73 Å². The fourth-order valence-electron chi connectivity index (χ4n) is 1.99. The van der Waals surface area contributed by atoms with Crippen LogP contribution in [-0.4, -0.2) is 14.7 Å². The molecule has 1 heterocycles. The number of nitrogens with zero attached hydrogens (tertiary/aromatic N) is 3. The molecule has 2 rings (SSSR count). The highest BCUT2D eigenvalue weighted by Gasteiger charge is 2.25. The molecule has 0 saturated carbocycles. The lowest BCUT2D eigenvalue weighted by molar-refractivity contribution is -0.384. The highest BCUT2D eigenvalue weighted by Crippen LogP contribution is 2.30. The number of benzene rings is 1. The lowest BCUT2D eigenvalue weighted by Gasteiger charge is -2.14. The molecule has 0 bridgehead atoms. The van der Waals surface area contributed by atoms with Crippen LogP contribution in [0.3, 0.4) is 0 Å². The average molecular weight is 325 g/mol. The first kappa shape index (κ1) is 13.5. The predicted octanol–water partition coefficient (Wildman–Crippen LogP) is 3.05. The van der Waals surface area contributed by atoms with E-state index in [1.807, 2.05) is 31.2 Å².